The van der Waals surface area contributed by atoms with Crippen molar-refractivity contribution in [2.75, 3.05) is 6.54 Å². The second kappa shape index (κ2) is 6.76. The van der Waals surface area contributed by atoms with Crippen LogP contribution in [0.1, 0.15) is 23.8 Å². The molecule has 0 N–H and O–H groups in total. The van der Waals surface area contributed by atoms with E-state index in [1.165, 1.54) is 17.7 Å². The molecule has 0 amide bonds. The molecule has 24 heavy (non-hydrogen) atoms. The van der Waals surface area contributed by atoms with Crippen LogP contribution in [0, 0.1) is 4.77 Å². The molecule has 1 aliphatic rings. The standard InChI is InChI=1S/C16H16ClN5S2/c17-12-4-1-5-13(10-12)22-16(23)21(18-19-22)11-20-8-2-6-14(20)15-7-3-9-24-15/h1,3-5,7,9-10,14H,2,6,8,11H2/t14-/m1/s1. The maximum absolute atomic E-state index is 6.06. The van der Waals surface area contributed by atoms with Gasteiger partial charge in [0.1, 0.15) is 0 Å². The van der Waals surface area contributed by atoms with Gasteiger partial charge in [-0.15, -0.1) is 11.3 Å². The Morgan fingerprint density at radius 2 is 2.17 bits per heavy atom. The quantitative estimate of drug-likeness (QED) is 0.635. The molecule has 3 heterocycles. The number of thiophene rings is 1. The van der Waals surface area contributed by atoms with E-state index >= 15 is 0 Å². The fourth-order valence-electron chi connectivity index (χ4n) is 3.10. The van der Waals surface area contributed by atoms with Crippen LogP contribution in [-0.4, -0.2) is 31.2 Å². The number of tetrazole rings is 1. The second-order valence-electron chi connectivity index (χ2n) is 5.78. The first-order valence-electron chi connectivity index (χ1n) is 7.78. The third-order valence-corrected chi connectivity index (χ3v) is 5.84. The number of rotatable bonds is 4. The highest BCUT2D eigenvalue weighted by Crippen LogP contribution is 2.34. The van der Waals surface area contributed by atoms with Crippen LogP contribution >= 0.6 is 35.2 Å². The minimum absolute atomic E-state index is 0.447. The molecule has 1 fully saturated rings. The number of aromatic nitrogens is 4. The highest BCUT2D eigenvalue weighted by molar-refractivity contribution is 7.71. The van der Waals surface area contributed by atoms with Gasteiger partial charge >= 0.3 is 0 Å². The summed E-state index contributed by atoms with van der Waals surface area (Å²) >= 11 is 13.4. The van der Waals surface area contributed by atoms with Gasteiger partial charge < -0.3 is 0 Å². The fourth-order valence-corrected chi connectivity index (χ4v) is 4.42. The molecule has 0 aliphatic carbocycles. The first kappa shape index (κ1) is 16.0. The number of benzene rings is 1. The molecular weight excluding hydrogens is 362 g/mol. The van der Waals surface area contributed by atoms with Crippen molar-refractivity contribution in [3.05, 3.63) is 56.4 Å². The summed E-state index contributed by atoms with van der Waals surface area (Å²) < 4.78 is 4.01. The molecule has 1 aromatic carbocycles. The van der Waals surface area contributed by atoms with Gasteiger partial charge in [0.15, 0.2) is 0 Å². The van der Waals surface area contributed by atoms with E-state index in [2.05, 4.69) is 32.8 Å². The van der Waals surface area contributed by atoms with Crippen LogP contribution < -0.4 is 0 Å². The Morgan fingerprint density at radius 3 is 2.96 bits per heavy atom. The van der Waals surface area contributed by atoms with Crippen LogP contribution in [0.5, 0.6) is 0 Å². The summed E-state index contributed by atoms with van der Waals surface area (Å²) in [5, 5.41) is 11.2. The van der Waals surface area contributed by atoms with E-state index in [9.17, 15) is 0 Å². The molecular formula is C16H16ClN5S2. The summed E-state index contributed by atoms with van der Waals surface area (Å²) in [5.74, 6) is 0. The van der Waals surface area contributed by atoms with Gasteiger partial charge in [0.05, 0.1) is 12.4 Å². The van der Waals surface area contributed by atoms with E-state index in [0.29, 0.717) is 22.5 Å². The molecule has 1 saturated heterocycles. The Morgan fingerprint density at radius 1 is 1.25 bits per heavy atom. The van der Waals surface area contributed by atoms with Crippen molar-refractivity contribution in [1.29, 1.82) is 0 Å². The zero-order valence-electron chi connectivity index (χ0n) is 12.9. The van der Waals surface area contributed by atoms with Gasteiger partial charge in [-0.05, 0) is 65.1 Å². The van der Waals surface area contributed by atoms with E-state index in [4.69, 9.17) is 23.8 Å². The predicted octanol–water partition coefficient (Wildman–Crippen LogP) is 4.31. The number of hydrogen-bond donors (Lipinski definition) is 0. The number of hydrogen-bond acceptors (Lipinski definition) is 5. The molecule has 0 saturated carbocycles. The first-order valence-corrected chi connectivity index (χ1v) is 9.45. The van der Waals surface area contributed by atoms with Gasteiger partial charge in [-0.2, -0.15) is 4.68 Å². The van der Waals surface area contributed by atoms with Crippen molar-refractivity contribution in [2.24, 2.45) is 0 Å². The zero-order valence-corrected chi connectivity index (χ0v) is 15.3. The smallest absolute Gasteiger partial charge is 0.221 e. The second-order valence-corrected chi connectivity index (χ2v) is 7.56. The Labute approximate surface area is 154 Å². The molecule has 0 radical (unpaired) electrons. The Balaban J connectivity index is 1.59. The van der Waals surface area contributed by atoms with Gasteiger partial charge in [0, 0.05) is 22.5 Å². The summed E-state index contributed by atoms with van der Waals surface area (Å²) in [6.07, 6.45) is 2.37. The molecule has 2 aromatic heterocycles. The van der Waals surface area contributed by atoms with E-state index in [1.54, 1.807) is 9.36 Å². The Hall–Kier alpha value is -1.54. The molecule has 0 spiro atoms. The highest BCUT2D eigenvalue weighted by Gasteiger charge is 2.27. The average molecular weight is 378 g/mol. The maximum Gasteiger partial charge on any atom is 0.221 e. The van der Waals surface area contributed by atoms with E-state index < -0.39 is 0 Å². The van der Waals surface area contributed by atoms with Crippen molar-refractivity contribution in [3.63, 3.8) is 0 Å². The van der Waals surface area contributed by atoms with Crippen LogP contribution in [0.15, 0.2) is 41.8 Å². The SMILES string of the molecule is S=c1n(CN2CCC[C@@H]2c2cccs2)nnn1-c1cccc(Cl)c1. The predicted molar refractivity (Wildman–Crippen MR) is 98.2 cm³/mol. The van der Waals surface area contributed by atoms with E-state index in [-0.39, 0.29) is 0 Å². The lowest BCUT2D eigenvalue weighted by Crippen LogP contribution is -2.26. The van der Waals surface area contributed by atoms with Crippen molar-refractivity contribution in [2.45, 2.75) is 25.6 Å². The zero-order chi connectivity index (χ0) is 16.5. The van der Waals surface area contributed by atoms with Crippen molar-refractivity contribution in [3.8, 4) is 5.69 Å². The number of halogens is 1. The third kappa shape index (κ3) is 3.04. The minimum Gasteiger partial charge on any atom is -0.276 e. The van der Waals surface area contributed by atoms with Crippen LogP contribution in [0.3, 0.4) is 0 Å². The van der Waals surface area contributed by atoms with Gasteiger partial charge in [-0.3, -0.25) is 4.90 Å². The molecule has 0 bridgehead atoms. The van der Waals surface area contributed by atoms with Crippen molar-refractivity contribution in [1.82, 2.24) is 24.7 Å². The number of likely N-dealkylation sites (tertiary alicyclic amines) is 1. The molecule has 1 aliphatic heterocycles. The molecule has 0 unspecified atom stereocenters. The maximum atomic E-state index is 6.06. The molecule has 8 heteroatoms. The van der Waals surface area contributed by atoms with Gasteiger partial charge in [0.2, 0.25) is 4.77 Å². The van der Waals surface area contributed by atoms with Crippen LogP contribution in [0.4, 0.5) is 0 Å². The summed E-state index contributed by atoms with van der Waals surface area (Å²) in [4.78, 5) is 3.82. The molecule has 1 atom stereocenters. The average Bonchev–Trinajstić information content (AvgIpc) is 3.30. The highest BCUT2D eigenvalue weighted by atomic mass is 35.5. The lowest BCUT2D eigenvalue weighted by molar-refractivity contribution is 0.190. The Kier molecular flexibility index (Phi) is 4.49. The fraction of sp³-hybridized carbons (Fsp3) is 0.312. The molecule has 5 nitrogen and oxygen atoms in total. The molecule has 4 rings (SSSR count). The largest absolute Gasteiger partial charge is 0.276 e. The summed E-state index contributed by atoms with van der Waals surface area (Å²) in [6.45, 7) is 1.70. The lowest BCUT2D eigenvalue weighted by Gasteiger charge is -2.22. The number of nitrogens with zero attached hydrogens (tertiary/aromatic N) is 5. The monoisotopic (exact) mass is 377 g/mol. The molecule has 124 valence electrons. The van der Waals surface area contributed by atoms with Crippen LogP contribution in [-0.2, 0) is 6.67 Å². The Bertz CT molecular complexity index is 886. The normalized spacial score (nSPS) is 18.3. The van der Waals surface area contributed by atoms with E-state index in [0.717, 1.165) is 12.2 Å². The minimum atomic E-state index is 0.447. The van der Waals surface area contributed by atoms with Gasteiger partial charge in [0.25, 0.3) is 0 Å². The van der Waals surface area contributed by atoms with Crippen molar-refractivity contribution >= 4 is 35.2 Å². The topological polar surface area (TPSA) is 38.9 Å². The summed E-state index contributed by atoms with van der Waals surface area (Å²) in [7, 11) is 0. The van der Waals surface area contributed by atoms with Crippen molar-refractivity contribution < 1.29 is 0 Å². The lowest BCUT2D eigenvalue weighted by atomic mass is 10.2. The summed E-state index contributed by atoms with van der Waals surface area (Å²) in [6, 6.07) is 12.2. The first-order chi connectivity index (χ1) is 11.7. The van der Waals surface area contributed by atoms with Gasteiger partial charge in [-0.1, -0.05) is 23.7 Å². The van der Waals surface area contributed by atoms with Crippen LogP contribution in [0.25, 0.3) is 5.69 Å². The molecule has 3 aromatic rings. The van der Waals surface area contributed by atoms with Gasteiger partial charge in [-0.25, -0.2) is 4.68 Å². The van der Waals surface area contributed by atoms with E-state index in [1.807, 2.05) is 35.6 Å². The summed E-state index contributed by atoms with van der Waals surface area (Å²) in [5.41, 5.74) is 0.829. The van der Waals surface area contributed by atoms with Crippen LogP contribution in [0.2, 0.25) is 5.02 Å². The third-order valence-electron chi connectivity index (χ3n) is 4.24.